The maximum Gasteiger partial charge on any atom is 0.264 e. The third-order valence-corrected chi connectivity index (χ3v) is 4.64. The van der Waals surface area contributed by atoms with Crippen LogP contribution in [-0.2, 0) is 9.05 Å². The summed E-state index contributed by atoms with van der Waals surface area (Å²) in [4.78, 5) is -0.172. The van der Waals surface area contributed by atoms with Gasteiger partial charge in [0, 0.05) is 17.1 Å². The van der Waals surface area contributed by atoms with Gasteiger partial charge >= 0.3 is 0 Å². The number of hydrogen-bond acceptors (Lipinski definition) is 3. The molecule has 0 amide bonds. The summed E-state index contributed by atoms with van der Waals surface area (Å²) >= 11 is 0. The number of hydrogen-bond donors (Lipinski definition) is 0. The van der Waals surface area contributed by atoms with Gasteiger partial charge in [-0.2, -0.15) is 0 Å². The van der Waals surface area contributed by atoms with Crippen LogP contribution in [0.15, 0.2) is 23.1 Å². The molecule has 0 heterocycles. The van der Waals surface area contributed by atoms with Crippen molar-refractivity contribution in [2.24, 2.45) is 5.92 Å². The topological polar surface area (TPSA) is 43.4 Å². The highest BCUT2D eigenvalue weighted by Crippen LogP contribution is 2.48. The van der Waals surface area contributed by atoms with E-state index in [0.717, 1.165) is 5.56 Å². The molecule has 1 atom stereocenters. The smallest absolute Gasteiger partial charge is 0.264 e. The van der Waals surface area contributed by atoms with Crippen molar-refractivity contribution in [1.29, 1.82) is 0 Å². The average Bonchev–Trinajstić information content (AvgIpc) is 2.93. The molecule has 0 radical (unpaired) electrons. The second kappa shape index (κ2) is 5.15. The van der Waals surface area contributed by atoms with E-state index in [2.05, 4.69) is 0 Å². The van der Waals surface area contributed by atoms with Crippen molar-refractivity contribution in [3.8, 4) is 5.75 Å². The molecule has 1 saturated carbocycles. The second-order valence-corrected chi connectivity index (χ2v) is 7.81. The zero-order chi connectivity index (χ0) is 15.1. The summed E-state index contributed by atoms with van der Waals surface area (Å²) < 4.78 is 53.9. The predicted molar refractivity (Wildman–Crippen MR) is 72.1 cm³/mol. The molecule has 1 aromatic carbocycles. The van der Waals surface area contributed by atoms with Crippen molar-refractivity contribution in [1.82, 2.24) is 0 Å². The number of benzene rings is 1. The maximum atomic E-state index is 12.8. The van der Waals surface area contributed by atoms with E-state index in [1.165, 1.54) is 12.1 Å². The molecular weight excluding hydrogens is 310 g/mol. The Bertz CT molecular complexity index is 614. The minimum absolute atomic E-state index is 0.0205. The lowest BCUT2D eigenvalue weighted by molar-refractivity contribution is 0.0852. The molecule has 0 bridgehead atoms. The van der Waals surface area contributed by atoms with Gasteiger partial charge in [0.2, 0.25) is 0 Å². The van der Waals surface area contributed by atoms with Gasteiger partial charge < -0.3 is 4.74 Å². The van der Waals surface area contributed by atoms with E-state index in [-0.39, 0.29) is 29.6 Å². The maximum absolute atomic E-state index is 12.8. The van der Waals surface area contributed by atoms with E-state index in [0.29, 0.717) is 0 Å². The van der Waals surface area contributed by atoms with Gasteiger partial charge in [0.05, 0.1) is 12.5 Å². The lowest BCUT2D eigenvalue weighted by Crippen LogP contribution is -2.08. The van der Waals surface area contributed by atoms with Crippen LogP contribution in [0.1, 0.15) is 31.7 Å². The second-order valence-electron chi connectivity index (χ2n) is 5.27. The highest BCUT2D eigenvalue weighted by molar-refractivity contribution is 8.13. The zero-order valence-corrected chi connectivity index (χ0v) is 12.6. The molecule has 0 aromatic heterocycles. The van der Waals surface area contributed by atoms with Gasteiger partial charge in [0.15, 0.2) is 0 Å². The van der Waals surface area contributed by atoms with Crippen LogP contribution in [0.25, 0.3) is 0 Å². The quantitative estimate of drug-likeness (QED) is 0.774. The lowest BCUT2D eigenvalue weighted by atomic mass is 10.0. The van der Waals surface area contributed by atoms with Crippen LogP contribution in [0.2, 0.25) is 0 Å². The highest BCUT2D eigenvalue weighted by atomic mass is 35.7. The molecule has 1 aliphatic rings. The van der Waals surface area contributed by atoms with Gasteiger partial charge in [-0.15, -0.1) is 0 Å². The lowest BCUT2D eigenvalue weighted by Gasteiger charge is -2.12. The standard InChI is InChI=1S/C13H15ClF2O3S/c1-8(2)9-3-4-11(12(5-9)20(14,17)18)19-7-10-6-13(10,15)16/h3-5,8,10H,6-7H2,1-2H3. The predicted octanol–water partition coefficient (Wildman–Crippen LogP) is 3.77. The summed E-state index contributed by atoms with van der Waals surface area (Å²) in [5, 5.41) is 0. The van der Waals surface area contributed by atoms with Gasteiger partial charge in [-0.25, -0.2) is 17.2 Å². The number of alkyl halides is 2. The molecule has 2 rings (SSSR count). The molecule has 112 valence electrons. The summed E-state index contributed by atoms with van der Waals surface area (Å²) in [7, 11) is 1.39. The molecular formula is C13H15ClF2O3S. The molecule has 7 heteroatoms. The largest absolute Gasteiger partial charge is 0.492 e. The van der Waals surface area contributed by atoms with Crippen LogP contribution in [-0.4, -0.2) is 20.9 Å². The average molecular weight is 325 g/mol. The van der Waals surface area contributed by atoms with Crippen LogP contribution >= 0.6 is 10.7 Å². The van der Waals surface area contributed by atoms with Crippen LogP contribution in [0.5, 0.6) is 5.75 Å². The fourth-order valence-corrected chi connectivity index (χ4v) is 2.84. The van der Waals surface area contributed by atoms with Crippen molar-refractivity contribution in [3.05, 3.63) is 23.8 Å². The first-order valence-corrected chi connectivity index (χ1v) is 8.51. The van der Waals surface area contributed by atoms with Gasteiger partial charge in [-0.05, 0) is 23.6 Å². The van der Waals surface area contributed by atoms with E-state index in [1.54, 1.807) is 6.07 Å². The summed E-state index contributed by atoms with van der Waals surface area (Å²) in [6, 6.07) is 4.59. The van der Waals surface area contributed by atoms with Crippen LogP contribution < -0.4 is 4.74 Å². The van der Waals surface area contributed by atoms with Gasteiger partial charge in [0.1, 0.15) is 10.6 Å². The molecule has 0 aliphatic heterocycles. The van der Waals surface area contributed by atoms with E-state index in [9.17, 15) is 17.2 Å². The minimum atomic E-state index is -3.99. The number of ether oxygens (including phenoxy) is 1. The molecule has 1 aliphatic carbocycles. The monoisotopic (exact) mass is 324 g/mol. The summed E-state index contributed by atoms with van der Waals surface area (Å²) in [6.07, 6.45) is -0.222. The number of rotatable bonds is 5. The van der Waals surface area contributed by atoms with E-state index in [1.807, 2.05) is 13.8 Å². The molecule has 1 unspecified atom stereocenters. The first-order chi connectivity index (χ1) is 9.11. The fourth-order valence-electron chi connectivity index (χ4n) is 1.83. The number of halogens is 3. The Morgan fingerprint density at radius 1 is 1.45 bits per heavy atom. The summed E-state index contributed by atoms with van der Waals surface area (Å²) in [6.45, 7) is 3.60. The van der Waals surface area contributed by atoms with Gasteiger partial charge in [0.25, 0.3) is 15.0 Å². The van der Waals surface area contributed by atoms with Crippen LogP contribution in [0, 0.1) is 5.92 Å². The molecule has 3 nitrogen and oxygen atoms in total. The fraction of sp³-hybridized carbons (Fsp3) is 0.538. The molecule has 1 aromatic rings. The van der Waals surface area contributed by atoms with Crippen molar-refractivity contribution < 1.29 is 21.9 Å². The molecule has 20 heavy (non-hydrogen) atoms. The Hall–Kier alpha value is -0.880. The van der Waals surface area contributed by atoms with Crippen molar-refractivity contribution in [2.45, 2.75) is 37.0 Å². The Morgan fingerprint density at radius 2 is 2.05 bits per heavy atom. The first kappa shape index (κ1) is 15.5. The Labute approximate surface area is 121 Å². The zero-order valence-electron chi connectivity index (χ0n) is 11.1. The Morgan fingerprint density at radius 3 is 2.50 bits per heavy atom. The molecule has 0 N–H and O–H groups in total. The Kier molecular flexibility index (Phi) is 3.99. The van der Waals surface area contributed by atoms with Gasteiger partial charge in [-0.1, -0.05) is 19.9 Å². The highest BCUT2D eigenvalue weighted by Gasteiger charge is 2.57. The van der Waals surface area contributed by atoms with Crippen LogP contribution in [0.3, 0.4) is 0 Å². The normalized spacial score (nSPS) is 21.0. The van der Waals surface area contributed by atoms with Crippen molar-refractivity contribution in [2.75, 3.05) is 6.61 Å². The minimum Gasteiger partial charge on any atom is -0.492 e. The van der Waals surface area contributed by atoms with E-state index in [4.69, 9.17) is 15.4 Å². The van der Waals surface area contributed by atoms with Crippen LogP contribution in [0.4, 0.5) is 8.78 Å². The molecule has 1 fully saturated rings. The Balaban J connectivity index is 2.23. The summed E-state index contributed by atoms with van der Waals surface area (Å²) in [5.74, 6) is -3.41. The van der Waals surface area contributed by atoms with E-state index < -0.39 is 20.9 Å². The van der Waals surface area contributed by atoms with E-state index >= 15 is 0 Å². The van der Waals surface area contributed by atoms with Crippen molar-refractivity contribution >= 4 is 19.7 Å². The third-order valence-electron chi connectivity index (χ3n) is 3.29. The summed E-state index contributed by atoms with van der Waals surface area (Å²) in [5.41, 5.74) is 0.785. The third kappa shape index (κ3) is 3.41. The first-order valence-electron chi connectivity index (χ1n) is 6.20. The SMILES string of the molecule is CC(C)c1ccc(OCC2CC2(F)F)c(S(=O)(=O)Cl)c1. The molecule has 0 spiro atoms. The molecule has 0 saturated heterocycles. The van der Waals surface area contributed by atoms with Crippen molar-refractivity contribution in [3.63, 3.8) is 0 Å². The van der Waals surface area contributed by atoms with Gasteiger partial charge in [-0.3, -0.25) is 0 Å².